The molecule has 3 heterocycles. The summed E-state index contributed by atoms with van der Waals surface area (Å²) in [6.45, 7) is 2.40. The summed E-state index contributed by atoms with van der Waals surface area (Å²) in [5, 5.41) is 23.4. The zero-order valence-electron chi connectivity index (χ0n) is 13.3. The average molecular weight is 312 g/mol. The van der Waals surface area contributed by atoms with E-state index in [1.165, 1.54) is 23.2 Å². The molecular formula is C19H24N2O2. The lowest BCUT2D eigenvalue weighted by molar-refractivity contribution is 0.0294. The normalized spacial score (nSPS) is 42.4. The molecule has 0 radical (unpaired) electrons. The molecule has 0 amide bonds. The van der Waals surface area contributed by atoms with E-state index in [2.05, 4.69) is 34.5 Å². The molecule has 1 aliphatic carbocycles. The van der Waals surface area contributed by atoms with Gasteiger partial charge in [-0.05, 0) is 36.9 Å². The number of hydrogen-bond donors (Lipinski definition) is 3. The van der Waals surface area contributed by atoms with Gasteiger partial charge in [-0.15, -0.1) is 0 Å². The van der Waals surface area contributed by atoms with E-state index in [0.717, 1.165) is 19.5 Å². The Morgan fingerprint density at radius 1 is 1.30 bits per heavy atom. The highest BCUT2D eigenvalue weighted by Crippen LogP contribution is 2.60. The molecule has 1 saturated carbocycles. The highest BCUT2D eigenvalue weighted by atomic mass is 16.3. The van der Waals surface area contributed by atoms with Gasteiger partial charge in [-0.25, -0.2) is 0 Å². The SMILES string of the molecule is OC/C=C1/CN2CC[C@]34c5ccccc5N[C@H]3[C@H](CO)[C@H]1C[C@H]24. The molecule has 122 valence electrons. The summed E-state index contributed by atoms with van der Waals surface area (Å²) in [7, 11) is 0. The molecule has 5 rings (SSSR count). The van der Waals surface area contributed by atoms with Crippen LogP contribution in [0.4, 0.5) is 5.69 Å². The van der Waals surface area contributed by atoms with Crippen LogP contribution < -0.4 is 5.32 Å². The zero-order valence-corrected chi connectivity index (χ0v) is 13.3. The Kier molecular flexibility index (Phi) is 2.94. The van der Waals surface area contributed by atoms with Crippen molar-refractivity contribution in [3.63, 3.8) is 0 Å². The lowest BCUT2D eigenvalue weighted by atomic mass is 9.56. The third-order valence-corrected chi connectivity index (χ3v) is 6.99. The standard InChI is InChI=1S/C19H24N2O2/c22-8-5-12-10-21-7-6-19-15-3-1-2-4-16(15)20-18(19)14(11-23)13(12)9-17(19)21/h1-5,13-14,17-18,20,22-23H,6-11H2/b12-5-/t13-,14+,17-,18-,19+/m0/s1. The van der Waals surface area contributed by atoms with E-state index < -0.39 is 0 Å². The summed E-state index contributed by atoms with van der Waals surface area (Å²) >= 11 is 0. The first-order valence-corrected chi connectivity index (χ1v) is 8.80. The first kappa shape index (κ1) is 14.0. The predicted octanol–water partition coefficient (Wildman–Crippen LogP) is 1.35. The van der Waals surface area contributed by atoms with Crippen molar-refractivity contribution in [3.05, 3.63) is 41.5 Å². The summed E-state index contributed by atoms with van der Waals surface area (Å²) in [6.07, 6.45) is 4.27. The second-order valence-corrected chi connectivity index (χ2v) is 7.59. The van der Waals surface area contributed by atoms with Crippen LogP contribution in [-0.2, 0) is 5.41 Å². The van der Waals surface area contributed by atoms with Crippen molar-refractivity contribution >= 4 is 5.69 Å². The minimum absolute atomic E-state index is 0.103. The van der Waals surface area contributed by atoms with Crippen molar-refractivity contribution in [3.8, 4) is 0 Å². The van der Waals surface area contributed by atoms with Gasteiger partial charge in [-0.1, -0.05) is 29.8 Å². The van der Waals surface area contributed by atoms with Crippen molar-refractivity contribution in [2.24, 2.45) is 11.8 Å². The number of aliphatic hydroxyl groups is 2. The van der Waals surface area contributed by atoms with E-state index >= 15 is 0 Å². The van der Waals surface area contributed by atoms with Crippen LogP contribution in [0.25, 0.3) is 0 Å². The van der Waals surface area contributed by atoms with Gasteiger partial charge in [0.25, 0.3) is 0 Å². The second kappa shape index (κ2) is 4.82. The molecule has 3 N–H and O–H groups in total. The third-order valence-electron chi connectivity index (χ3n) is 6.99. The fraction of sp³-hybridized carbons (Fsp3) is 0.579. The molecule has 1 spiro atoms. The lowest BCUT2D eigenvalue weighted by Gasteiger charge is -2.54. The number of hydrogen-bond acceptors (Lipinski definition) is 4. The molecule has 5 atom stereocenters. The molecule has 4 nitrogen and oxygen atoms in total. The molecule has 3 aliphatic heterocycles. The maximum absolute atomic E-state index is 10.2. The third kappa shape index (κ3) is 1.61. The highest BCUT2D eigenvalue weighted by Gasteiger charge is 2.64. The smallest absolute Gasteiger partial charge is 0.0615 e. The lowest BCUT2D eigenvalue weighted by Crippen LogP contribution is -2.62. The van der Waals surface area contributed by atoms with E-state index in [4.69, 9.17) is 0 Å². The average Bonchev–Trinajstić information content (AvgIpc) is 3.12. The Morgan fingerprint density at radius 3 is 3.00 bits per heavy atom. The Morgan fingerprint density at radius 2 is 2.17 bits per heavy atom. The minimum atomic E-state index is 0.103. The molecule has 3 fully saturated rings. The van der Waals surface area contributed by atoms with Crippen LogP contribution in [-0.4, -0.2) is 53.5 Å². The topological polar surface area (TPSA) is 55.7 Å². The van der Waals surface area contributed by atoms with Crippen LogP contribution in [0.5, 0.6) is 0 Å². The van der Waals surface area contributed by atoms with Crippen LogP contribution in [0.3, 0.4) is 0 Å². The number of para-hydroxylation sites is 1. The van der Waals surface area contributed by atoms with E-state index in [0.29, 0.717) is 18.0 Å². The van der Waals surface area contributed by atoms with Crippen LogP contribution in [0, 0.1) is 11.8 Å². The molecule has 4 heteroatoms. The van der Waals surface area contributed by atoms with Gasteiger partial charge in [-0.2, -0.15) is 0 Å². The molecule has 0 unspecified atom stereocenters. The van der Waals surface area contributed by atoms with Crippen molar-refractivity contribution < 1.29 is 10.2 Å². The monoisotopic (exact) mass is 312 g/mol. The maximum Gasteiger partial charge on any atom is 0.0615 e. The summed E-state index contributed by atoms with van der Waals surface area (Å²) < 4.78 is 0. The number of fused-ring (bicyclic) bond motifs is 2. The molecule has 1 aromatic carbocycles. The number of anilines is 1. The van der Waals surface area contributed by atoms with Crippen molar-refractivity contribution in [2.75, 3.05) is 31.6 Å². The van der Waals surface area contributed by atoms with Gasteiger partial charge in [-0.3, -0.25) is 4.90 Å². The number of rotatable bonds is 2. The van der Waals surface area contributed by atoms with E-state index in [-0.39, 0.29) is 24.5 Å². The largest absolute Gasteiger partial charge is 0.396 e. The van der Waals surface area contributed by atoms with Crippen LogP contribution in [0.2, 0.25) is 0 Å². The molecule has 4 aliphatic rings. The van der Waals surface area contributed by atoms with Crippen LogP contribution >= 0.6 is 0 Å². The van der Waals surface area contributed by atoms with Gasteiger partial charge in [0.2, 0.25) is 0 Å². The highest BCUT2D eigenvalue weighted by molar-refractivity contribution is 5.65. The number of aliphatic hydroxyl groups excluding tert-OH is 2. The molecular weight excluding hydrogens is 288 g/mol. The van der Waals surface area contributed by atoms with Crippen LogP contribution in [0.15, 0.2) is 35.9 Å². The maximum atomic E-state index is 10.2. The molecule has 2 saturated heterocycles. The Hall–Kier alpha value is -1.36. The number of piperidine rings is 1. The zero-order chi connectivity index (χ0) is 15.6. The number of benzene rings is 1. The first-order valence-electron chi connectivity index (χ1n) is 8.80. The van der Waals surface area contributed by atoms with Gasteiger partial charge < -0.3 is 15.5 Å². The van der Waals surface area contributed by atoms with E-state index in [1.54, 1.807) is 0 Å². The van der Waals surface area contributed by atoms with Gasteiger partial charge in [0, 0.05) is 42.3 Å². The van der Waals surface area contributed by atoms with Crippen molar-refractivity contribution in [1.29, 1.82) is 0 Å². The fourth-order valence-corrected chi connectivity index (χ4v) is 6.16. The Labute approximate surface area is 136 Å². The molecule has 1 aromatic rings. The van der Waals surface area contributed by atoms with Gasteiger partial charge >= 0.3 is 0 Å². The predicted molar refractivity (Wildman–Crippen MR) is 89.4 cm³/mol. The van der Waals surface area contributed by atoms with Crippen molar-refractivity contribution in [2.45, 2.75) is 30.3 Å². The Balaban J connectivity index is 1.67. The van der Waals surface area contributed by atoms with Crippen LogP contribution in [0.1, 0.15) is 18.4 Å². The summed E-state index contributed by atoms with van der Waals surface area (Å²) in [4.78, 5) is 2.61. The summed E-state index contributed by atoms with van der Waals surface area (Å²) in [6, 6.07) is 9.60. The van der Waals surface area contributed by atoms with Crippen molar-refractivity contribution in [1.82, 2.24) is 4.90 Å². The van der Waals surface area contributed by atoms with Gasteiger partial charge in [0.1, 0.15) is 0 Å². The summed E-state index contributed by atoms with van der Waals surface area (Å²) in [5.41, 5.74) is 4.21. The summed E-state index contributed by atoms with van der Waals surface area (Å²) in [5.74, 6) is 0.628. The molecule has 0 aromatic heterocycles. The second-order valence-electron chi connectivity index (χ2n) is 7.59. The van der Waals surface area contributed by atoms with E-state index in [9.17, 15) is 10.2 Å². The minimum Gasteiger partial charge on any atom is -0.396 e. The Bertz CT molecular complexity index is 673. The van der Waals surface area contributed by atoms with E-state index in [1.807, 2.05) is 6.08 Å². The fourth-order valence-electron chi connectivity index (χ4n) is 6.16. The first-order chi connectivity index (χ1) is 11.3. The number of nitrogens with zero attached hydrogens (tertiary/aromatic N) is 1. The quantitative estimate of drug-likeness (QED) is 0.722. The molecule has 2 bridgehead atoms. The number of nitrogens with one attached hydrogen (secondary N) is 1. The molecule has 23 heavy (non-hydrogen) atoms. The van der Waals surface area contributed by atoms with Gasteiger partial charge in [0.05, 0.1) is 6.61 Å². The van der Waals surface area contributed by atoms with Gasteiger partial charge in [0.15, 0.2) is 0 Å².